The molecule has 18 heteroatoms. The third kappa shape index (κ3) is 3.62. The van der Waals surface area contributed by atoms with Gasteiger partial charge in [0.25, 0.3) is 10.8 Å². The first-order valence-corrected chi connectivity index (χ1v) is 7.23. The average molecular weight is 514 g/mol. The zero-order valence-corrected chi connectivity index (χ0v) is 14.1. The summed E-state index contributed by atoms with van der Waals surface area (Å²) in [6, 6.07) is -2.99. The van der Waals surface area contributed by atoms with Crippen LogP contribution in [0, 0.1) is 0 Å². The molecule has 0 amide bonds. The molecule has 1 aromatic rings. The Labute approximate surface area is 163 Å². The van der Waals surface area contributed by atoms with E-state index < -0.39 is 71.1 Å². The van der Waals surface area contributed by atoms with E-state index in [1.807, 2.05) is 0 Å². The van der Waals surface area contributed by atoms with Crippen LogP contribution in [0.1, 0.15) is 11.1 Å². The average Bonchev–Trinajstić information content (AvgIpc) is 2.40. The molecule has 0 aliphatic heterocycles. The van der Waals surface area contributed by atoms with E-state index in [0.717, 1.165) is 0 Å². The van der Waals surface area contributed by atoms with Crippen molar-refractivity contribution in [2.45, 2.75) is 47.9 Å². The first kappa shape index (κ1) is 28.0. The second kappa shape index (κ2) is 7.23. The van der Waals surface area contributed by atoms with E-state index in [1.165, 1.54) is 0 Å². The minimum atomic E-state index is -7.78. The van der Waals surface area contributed by atoms with E-state index in [9.17, 15) is 79.0 Å². The summed E-state index contributed by atoms with van der Waals surface area (Å²) in [6.45, 7) is 0. The van der Waals surface area contributed by atoms with Gasteiger partial charge in [0, 0.05) is 0 Å². The second-order valence-corrected chi connectivity index (χ2v) is 6.03. The van der Waals surface area contributed by atoms with Gasteiger partial charge >= 0.3 is 37.1 Å². The maximum absolute atomic E-state index is 13.2. The number of halogens is 18. The fourth-order valence-electron chi connectivity index (χ4n) is 3.02. The molecule has 32 heavy (non-hydrogen) atoms. The van der Waals surface area contributed by atoms with E-state index in [-0.39, 0.29) is 12.1 Å². The van der Waals surface area contributed by atoms with Gasteiger partial charge in [-0.2, -0.15) is 79.0 Å². The molecular weight excluding hydrogens is 510 g/mol. The van der Waals surface area contributed by atoms with Crippen molar-refractivity contribution in [2.75, 3.05) is 0 Å². The summed E-state index contributed by atoms with van der Waals surface area (Å²) in [4.78, 5) is 0. The molecule has 0 aliphatic rings. The van der Waals surface area contributed by atoms with Gasteiger partial charge in [0.2, 0.25) is 0 Å². The predicted molar refractivity (Wildman–Crippen MR) is 66.1 cm³/mol. The normalized spacial score (nSPS) is 15.8. The maximum atomic E-state index is 13.2. The van der Waals surface area contributed by atoms with Gasteiger partial charge in [-0.15, -0.1) is 0 Å². The Bertz CT molecular complexity index is 668. The molecule has 0 nitrogen and oxygen atoms in total. The first-order valence-electron chi connectivity index (χ1n) is 7.23. The van der Waals surface area contributed by atoms with Gasteiger partial charge in [0.05, 0.1) is 0 Å². The van der Waals surface area contributed by atoms with Crippen molar-refractivity contribution in [1.29, 1.82) is 0 Å². The Morgan fingerprint density at radius 2 is 0.469 bits per heavy atom. The lowest BCUT2D eigenvalue weighted by Gasteiger charge is -2.44. The lowest BCUT2D eigenvalue weighted by Crippen LogP contribution is -2.67. The van der Waals surface area contributed by atoms with Gasteiger partial charge in [-0.3, -0.25) is 0 Å². The van der Waals surface area contributed by atoms with E-state index in [4.69, 9.17) is 0 Å². The highest BCUT2D eigenvalue weighted by atomic mass is 19.4. The Balaban J connectivity index is 4.58. The molecule has 0 spiro atoms. The number of hydrogen-bond acceptors (Lipinski definition) is 0. The highest BCUT2D eigenvalue weighted by Crippen LogP contribution is 2.66. The predicted octanol–water partition coefficient (Wildman–Crippen LogP) is 7.54. The summed E-state index contributed by atoms with van der Waals surface area (Å²) in [6.07, 6.45) is -46.7. The lowest BCUT2D eigenvalue weighted by atomic mass is 9.67. The minimum absolute atomic E-state index is 0.315. The molecule has 0 saturated heterocycles. The van der Waals surface area contributed by atoms with Gasteiger partial charge in [-0.25, -0.2) is 0 Å². The van der Waals surface area contributed by atoms with Crippen molar-refractivity contribution in [3.05, 3.63) is 35.4 Å². The molecule has 1 aromatic carbocycles. The van der Waals surface area contributed by atoms with Crippen LogP contribution in [0.2, 0.25) is 0 Å². The lowest BCUT2D eigenvalue weighted by molar-refractivity contribution is -0.398. The summed E-state index contributed by atoms with van der Waals surface area (Å²) in [5.74, 6) is 0. The van der Waals surface area contributed by atoms with Gasteiger partial charge < -0.3 is 0 Å². The Kier molecular flexibility index (Phi) is 6.32. The van der Waals surface area contributed by atoms with Crippen LogP contribution in [0.25, 0.3) is 0 Å². The van der Waals surface area contributed by atoms with Crippen molar-refractivity contribution in [3.8, 4) is 0 Å². The standard InChI is InChI=1S/C14H4F18/c15-9(16,17)7(10(18,19)20,11(21,22)23)5-3-1-2-4-6(5)8(12(24,25)26,13(27,28)29)14(30,31)32/h1-4H. The second-order valence-electron chi connectivity index (χ2n) is 6.03. The summed E-state index contributed by atoms with van der Waals surface area (Å²) in [5.41, 5.74) is -23.1. The fourth-order valence-corrected chi connectivity index (χ4v) is 3.02. The summed E-state index contributed by atoms with van der Waals surface area (Å²) >= 11 is 0. The molecule has 0 unspecified atom stereocenters. The van der Waals surface area contributed by atoms with E-state index in [0.29, 0.717) is 0 Å². The molecule has 0 atom stereocenters. The minimum Gasteiger partial charge on any atom is -0.169 e. The van der Waals surface area contributed by atoms with Crippen LogP contribution in [0.4, 0.5) is 79.0 Å². The van der Waals surface area contributed by atoms with Crippen molar-refractivity contribution in [1.82, 2.24) is 0 Å². The third-order valence-electron chi connectivity index (χ3n) is 4.29. The van der Waals surface area contributed by atoms with Crippen molar-refractivity contribution >= 4 is 0 Å². The van der Waals surface area contributed by atoms with Gasteiger partial charge in [-0.05, 0) is 11.1 Å². The molecule has 0 fully saturated rings. The van der Waals surface area contributed by atoms with Crippen LogP contribution in [0.3, 0.4) is 0 Å². The van der Waals surface area contributed by atoms with Crippen LogP contribution in [0.15, 0.2) is 24.3 Å². The maximum Gasteiger partial charge on any atom is 0.416 e. The molecular formula is C14H4F18. The summed E-state index contributed by atoms with van der Waals surface area (Å²) in [5, 5.41) is 0. The van der Waals surface area contributed by atoms with Crippen molar-refractivity contribution in [3.63, 3.8) is 0 Å². The van der Waals surface area contributed by atoms with Crippen LogP contribution in [0.5, 0.6) is 0 Å². The Morgan fingerprint density at radius 3 is 0.594 bits per heavy atom. The highest BCUT2D eigenvalue weighted by molar-refractivity contribution is 5.47. The van der Waals surface area contributed by atoms with Crippen LogP contribution in [-0.2, 0) is 10.8 Å². The third-order valence-corrected chi connectivity index (χ3v) is 4.29. The Morgan fingerprint density at radius 1 is 0.312 bits per heavy atom. The van der Waals surface area contributed by atoms with Crippen LogP contribution < -0.4 is 0 Å². The quantitative estimate of drug-likeness (QED) is 0.358. The van der Waals surface area contributed by atoms with Crippen molar-refractivity contribution < 1.29 is 79.0 Å². The smallest absolute Gasteiger partial charge is 0.169 e. The molecule has 0 aromatic heterocycles. The summed E-state index contributed by atoms with van der Waals surface area (Å²) < 4.78 is 238. The van der Waals surface area contributed by atoms with Crippen LogP contribution >= 0.6 is 0 Å². The highest BCUT2D eigenvalue weighted by Gasteiger charge is 2.89. The van der Waals surface area contributed by atoms with Gasteiger partial charge in [-0.1, -0.05) is 24.3 Å². The van der Waals surface area contributed by atoms with Gasteiger partial charge in [0.15, 0.2) is 0 Å². The Hall–Kier alpha value is -2.04. The van der Waals surface area contributed by atoms with Crippen molar-refractivity contribution in [2.24, 2.45) is 0 Å². The molecule has 1 rings (SSSR count). The van der Waals surface area contributed by atoms with E-state index in [2.05, 4.69) is 0 Å². The largest absolute Gasteiger partial charge is 0.416 e. The molecule has 0 aliphatic carbocycles. The number of rotatable bonds is 2. The molecule has 0 radical (unpaired) electrons. The van der Waals surface area contributed by atoms with Gasteiger partial charge in [0.1, 0.15) is 0 Å². The molecule has 0 heterocycles. The zero-order valence-electron chi connectivity index (χ0n) is 14.1. The fraction of sp³-hybridized carbons (Fsp3) is 0.571. The first-order chi connectivity index (χ1) is 13.7. The SMILES string of the molecule is FC(F)(F)C(c1ccccc1C(C(F)(F)F)(C(F)(F)F)C(F)(F)F)(C(F)(F)F)C(F)(F)F. The van der Waals surface area contributed by atoms with E-state index in [1.54, 1.807) is 0 Å². The molecule has 186 valence electrons. The monoisotopic (exact) mass is 514 g/mol. The zero-order chi connectivity index (χ0) is 26.0. The summed E-state index contributed by atoms with van der Waals surface area (Å²) in [7, 11) is 0. The topological polar surface area (TPSA) is 0 Å². The number of benzene rings is 1. The number of alkyl halides is 18. The molecule has 0 bridgehead atoms. The molecule has 0 saturated carbocycles. The number of hydrogen-bond donors (Lipinski definition) is 0. The molecule has 0 N–H and O–H groups in total. The van der Waals surface area contributed by atoms with E-state index >= 15 is 0 Å². The van der Waals surface area contributed by atoms with Crippen LogP contribution in [-0.4, -0.2) is 37.1 Å².